The lowest BCUT2D eigenvalue weighted by molar-refractivity contribution is -0.122. The molecule has 1 aliphatic rings. The number of esters is 1. The van der Waals surface area contributed by atoms with Gasteiger partial charge in [-0.1, -0.05) is 12.1 Å². The highest BCUT2D eigenvalue weighted by molar-refractivity contribution is 5.98. The Morgan fingerprint density at radius 3 is 2.61 bits per heavy atom. The van der Waals surface area contributed by atoms with Crippen LogP contribution in [0.1, 0.15) is 53.7 Å². The van der Waals surface area contributed by atoms with Crippen molar-refractivity contribution in [1.82, 2.24) is 0 Å². The number of amides is 1. The molecule has 2 aromatic carbocycles. The maximum atomic E-state index is 12.6. The van der Waals surface area contributed by atoms with E-state index in [1.54, 1.807) is 39.0 Å². The van der Waals surface area contributed by atoms with Gasteiger partial charge in [-0.15, -0.1) is 0 Å². The summed E-state index contributed by atoms with van der Waals surface area (Å²) in [5.41, 5.74) is 4.39. The fraction of sp³-hybridized carbons (Fsp3) is 0.391. The number of hydrogen-bond acceptors (Lipinski definition) is 4. The van der Waals surface area contributed by atoms with Crippen molar-refractivity contribution in [3.63, 3.8) is 0 Å². The predicted octanol–water partition coefficient (Wildman–Crippen LogP) is 4.46. The van der Waals surface area contributed by atoms with Gasteiger partial charge in [-0.25, -0.2) is 4.79 Å². The van der Waals surface area contributed by atoms with E-state index in [-0.39, 0.29) is 5.91 Å². The zero-order valence-corrected chi connectivity index (χ0v) is 16.7. The molecule has 1 N–H and O–H groups in total. The number of hydrogen-bond donors (Lipinski definition) is 1. The maximum Gasteiger partial charge on any atom is 0.338 e. The molecular formula is C23H27NO4. The summed E-state index contributed by atoms with van der Waals surface area (Å²) in [6.07, 6.45) is 3.94. The second-order valence-electron chi connectivity index (χ2n) is 7.09. The molecule has 0 unspecified atom stereocenters. The molecular weight excluding hydrogens is 354 g/mol. The number of anilines is 1. The average molecular weight is 381 g/mol. The Morgan fingerprint density at radius 1 is 1.11 bits per heavy atom. The first-order valence-corrected chi connectivity index (χ1v) is 9.85. The number of ether oxygens (including phenoxy) is 2. The van der Waals surface area contributed by atoms with Crippen LogP contribution in [0.4, 0.5) is 5.69 Å². The molecule has 1 aliphatic carbocycles. The fourth-order valence-corrected chi connectivity index (χ4v) is 3.48. The third-order valence-corrected chi connectivity index (χ3v) is 5.09. The monoisotopic (exact) mass is 381 g/mol. The van der Waals surface area contributed by atoms with Gasteiger partial charge in [0.2, 0.25) is 0 Å². The SMILES string of the molecule is CCOC(=O)c1cccc(NC(=O)[C@@H](C)Oc2ccc3c(c2)CCCC3)c1C. The van der Waals surface area contributed by atoms with Crippen LogP contribution in [-0.4, -0.2) is 24.6 Å². The van der Waals surface area contributed by atoms with Crippen molar-refractivity contribution in [2.24, 2.45) is 0 Å². The Balaban J connectivity index is 1.68. The molecule has 2 aromatic rings. The van der Waals surface area contributed by atoms with E-state index in [0.29, 0.717) is 29.2 Å². The van der Waals surface area contributed by atoms with Crippen molar-refractivity contribution in [3.8, 4) is 5.75 Å². The summed E-state index contributed by atoms with van der Waals surface area (Å²) >= 11 is 0. The Hall–Kier alpha value is -2.82. The van der Waals surface area contributed by atoms with Gasteiger partial charge in [-0.2, -0.15) is 0 Å². The number of carbonyl (C=O) groups excluding carboxylic acids is 2. The van der Waals surface area contributed by atoms with Gasteiger partial charge in [0.05, 0.1) is 12.2 Å². The third kappa shape index (κ3) is 4.53. The van der Waals surface area contributed by atoms with Crippen LogP contribution in [0.15, 0.2) is 36.4 Å². The number of fused-ring (bicyclic) bond motifs is 1. The topological polar surface area (TPSA) is 64.6 Å². The standard InChI is InChI=1S/C23H27NO4/c1-4-27-23(26)20-10-7-11-21(15(20)2)24-22(25)16(3)28-19-13-12-17-8-5-6-9-18(17)14-19/h7,10-14,16H,4-6,8-9H2,1-3H3,(H,24,25)/t16-/m1/s1. The van der Waals surface area contributed by atoms with Gasteiger partial charge in [0.1, 0.15) is 5.75 Å². The zero-order chi connectivity index (χ0) is 20.1. The Bertz CT molecular complexity index is 875. The Morgan fingerprint density at radius 2 is 1.86 bits per heavy atom. The average Bonchev–Trinajstić information content (AvgIpc) is 2.69. The highest BCUT2D eigenvalue weighted by Crippen LogP contribution is 2.26. The lowest BCUT2D eigenvalue weighted by atomic mass is 9.92. The molecule has 0 fully saturated rings. The lowest BCUT2D eigenvalue weighted by Gasteiger charge is -2.19. The minimum Gasteiger partial charge on any atom is -0.481 e. The van der Waals surface area contributed by atoms with Crippen LogP contribution in [0.3, 0.4) is 0 Å². The maximum absolute atomic E-state index is 12.6. The minimum absolute atomic E-state index is 0.262. The van der Waals surface area contributed by atoms with E-state index in [1.807, 2.05) is 12.1 Å². The van der Waals surface area contributed by atoms with Crippen molar-refractivity contribution in [2.45, 2.75) is 52.6 Å². The van der Waals surface area contributed by atoms with E-state index in [2.05, 4.69) is 11.4 Å². The van der Waals surface area contributed by atoms with Gasteiger partial charge in [0.15, 0.2) is 6.10 Å². The molecule has 0 aliphatic heterocycles. The van der Waals surface area contributed by atoms with Gasteiger partial charge < -0.3 is 14.8 Å². The molecule has 28 heavy (non-hydrogen) atoms. The van der Waals surface area contributed by atoms with Gasteiger partial charge >= 0.3 is 5.97 Å². The van der Waals surface area contributed by atoms with E-state index in [4.69, 9.17) is 9.47 Å². The second-order valence-corrected chi connectivity index (χ2v) is 7.09. The molecule has 5 nitrogen and oxygen atoms in total. The van der Waals surface area contributed by atoms with Crippen LogP contribution in [0, 0.1) is 6.92 Å². The highest BCUT2D eigenvalue weighted by atomic mass is 16.5. The minimum atomic E-state index is -0.660. The normalized spacial score (nSPS) is 14.0. The summed E-state index contributed by atoms with van der Waals surface area (Å²) in [6, 6.07) is 11.3. The molecule has 148 valence electrons. The zero-order valence-electron chi connectivity index (χ0n) is 16.7. The summed E-state index contributed by atoms with van der Waals surface area (Å²) in [6.45, 7) is 5.58. The molecule has 0 radical (unpaired) electrons. The van der Waals surface area contributed by atoms with Gasteiger partial charge in [0, 0.05) is 5.69 Å². The molecule has 0 saturated heterocycles. The Kier molecular flexibility index (Phi) is 6.34. The first-order valence-electron chi connectivity index (χ1n) is 9.85. The summed E-state index contributed by atoms with van der Waals surface area (Å²) in [4.78, 5) is 24.6. The van der Waals surface area contributed by atoms with Crippen molar-refractivity contribution in [3.05, 3.63) is 58.7 Å². The van der Waals surface area contributed by atoms with E-state index in [0.717, 1.165) is 12.8 Å². The molecule has 0 heterocycles. The van der Waals surface area contributed by atoms with Crippen molar-refractivity contribution in [2.75, 3.05) is 11.9 Å². The summed E-state index contributed by atoms with van der Waals surface area (Å²) in [7, 11) is 0. The van der Waals surface area contributed by atoms with Crippen molar-refractivity contribution < 1.29 is 19.1 Å². The van der Waals surface area contributed by atoms with Gasteiger partial charge in [0.25, 0.3) is 5.91 Å². The first-order chi connectivity index (χ1) is 13.5. The second kappa shape index (κ2) is 8.91. The molecule has 5 heteroatoms. The number of aryl methyl sites for hydroxylation is 2. The van der Waals surface area contributed by atoms with E-state index < -0.39 is 12.1 Å². The number of carbonyl (C=O) groups is 2. The predicted molar refractivity (Wildman–Crippen MR) is 109 cm³/mol. The molecule has 0 spiro atoms. The van der Waals surface area contributed by atoms with Crippen LogP contribution in [0.5, 0.6) is 5.75 Å². The van der Waals surface area contributed by atoms with Crippen LogP contribution in [0.2, 0.25) is 0 Å². The van der Waals surface area contributed by atoms with E-state index in [1.165, 1.54) is 24.0 Å². The van der Waals surface area contributed by atoms with Crippen LogP contribution in [-0.2, 0) is 22.4 Å². The van der Waals surface area contributed by atoms with Crippen LogP contribution < -0.4 is 10.1 Å². The smallest absolute Gasteiger partial charge is 0.338 e. The number of benzene rings is 2. The third-order valence-electron chi connectivity index (χ3n) is 5.09. The summed E-state index contributed by atoms with van der Waals surface area (Å²) in [5.74, 6) is 0.0524. The van der Waals surface area contributed by atoms with Crippen LogP contribution >= 0.6 is 0 Å². The van der Waals surface area contributed by atoms with E-state index in [9.17, 15) is 9.59 Å². The van der Waals surface area contributed by atoms with Crippen LogP contribution in [0.25, 0.3) is 0 Å². The molecule has 3 rings (SSSR count). The van der Waals surface area contributed by atoms with Crippen molar-refractivity contribution in [1.29, 1.82) is 0 Å². The molecule has 0 saturated carbocycles. The molecule has 0 aromatic heterocycles. The van der Waals surface area contributed by atoms with Crippen molar-refractivity contribution >= 4 is 17.6 Å². The largest absolute Gasteiger partial charge is 0.481 e. The quantitative estimate of drug-likeness (QED) is 0.751. The molecule has 1 atom stereocenters. The fourth-order valence-electron chi connectivity index (χ4n) is 3.48. The molecule has 1 amide bonds. The molecule has 0 bridgehead atoms. The number of rotatable bonds is 6. The lowest BCUT2D eigenvalue weighted by Crippen LogP contribution is -2.30. The van der Waals surface area contributed by atoms with Gasteiger partial charge in [-0.05, 0) is 87.4 Å². The van der Waals surface area contributed by atoms with Gasteiger partial charge in [-0.3, -0.25) is 4.79 Å². The number of nitrogens with one attached hydrogen (secondary N) is 1. The summed E-state index contributed by atoms with van der Waals surface area (Å²) in [5, 5.41) is 2.86. The highest BCUT2D eigenvalue weighted by Gasteiger charge is 2.19. The van der Waals surface area contributed by atoms with E-state index >= 15 is 0 Å². The summed E-state index contributed by atoms with van der Waals surface area (Å²) < 4.78 is 10.9. The Labute approximate surface area is 166 Å². The first kappa shape index (κ1) is 19.9.